The van der Waals surface area contributed by atoms with Crippen molar-refractivity contribution >= 4 is 21.8 Å². The first kappa shape index (κ1) is 19.9. The molecule has 2 atom stereocenters. The van der Waals surface area contributed by atoms with Crippen molar-refractivity contribution in [2.24, 2.45) is 0 Å². The van der Waals surface area contributed by atoms with Crippen molar-refractivity contribution in [3.8, 4) is 17.0 Å². The molecule has 2 N–H and O–H groups in total. The van der Waals surface area contributed by atoms with Gasteiger partial charge in [-0.25, -0.2) is 4.39 Å². The quantitative estimate of drug-likeness (QED) is 0.458. The number of piperidine rings is 1. The Hall–Kier alpha value is -2.99. The van der Waals surface area contributed by atoms with Crippen molar-refractivity contribution in [1.82, 2.24) is 20.1 Å². The van der Waals surface area contributed by atoms with Gasteiger partial charge in [-0.1, -0.05) is 24.3 Å². The molecule has 160 valence electrons. The van der Waals surface area contributed by atoms with Crippen LogP contribution in [0.4, 0.5) is 4.39 Å². The number of fused-ring (bicyclic) bond motifs is 2. The minimum absolute atomic E-state index is 0.164. The zero-order chi connectivity index (χ0) is 22.0. The average Bonchev–Trinajstić information content (AvgIpc) is 3.12. The number of aromatic hydroxyl groups is 1. The van der Waals surface area contributed by atoms with Gasteiger partial charge in [-0.15, -0.1) is 10.2 Å². The molecule has 0 saturated carbocycles. The third-order valence-corrected chi connectivity index (χ3v) is 6.37. The molecule has 1 fully saturated rings. The molecule has 2 aromatic carbocycles. The summed E-state index contributed by atoms with van der Waals surface area (Å²) < 4.78 is 17.4. The second kappa shape index (κ2) is 6.76. The van der Waals surface area contributed by atoms with Gasteiger partial charge < -0.3 is 15.0 Å². The second-order valence-electron chi connectivity index (χ2n) is 9.85. The Bertz CT molecular complexity index is 1290. The summed E-state index contributed by atoms with van der Waals surface area (Å²) in [4.78, 5) is 0. The van der Waals surface area contributed by atoms with E-state index < -0.39 is 11.7 Å². The van der Waals surface area contributed by atoms with Crippen LogP contribution in [0.1, 0.15) is 40.2 Å². The molecule has 1 saturated heterocycles. The summed E-state index contributed by atoms with van der Waals surface area (Å²) in [5, 5.41) is 25.7. The zero-order valence-corrected chi connectivity index (χ0v) is 18.2. The molecule has 6 heteroatoms. The van der Waals surface area contributed by atoms with Crippen molar-refractivity contribution in [3.63, 3.8) is 0 Å². The average molecular weight is 419 g/mol. The van der Waals surface area contributed by atoms with Gasteiger partial charge in [-0.2, -0.15) is 0 Å². The van der Waals surface area contributed by atoms with E-state index in [-0.39, 0.29) is 17.3 Å². The molecular formula is C25H27FN4O. The van der Waals surface area contributed by atoms with Gasteiger partial charge in [0.15, 0.2) is 5.65 Å². The highest BCUT2D eigenvalue weighted by atomic mass is 19.1. The summed E-state index contributed by atoms with van der Waals surface area (Å²) in [5.41, 5.74) is 1.04. The Morgan fingerprint density at radius 3 is 2.45 bits per heavy atom. The molecule has 5 nitrogen and oxygen atoms in total. The standard InChI is InChI=1S/C25H27FN4O/c1-24(2)14-20(22(26)25(3,4)29-24)30-10-9-17-12-19(27-28-23(17)30)18-11-15-7-5-6-8-16(15)13-21(18)31/h5-13,20,22,29,31H,14H2,1-4H3/t20-,22-/m0/s1. The predicted molar refractivity (Wildman–Crippen MR) is 122 cm³/mol. The molecule has 0 spiro atoms. The Labute approximate surface area is 180 Å². The van der Waals surface area contributed by atoms with Gasteiger partial charge in [0.25, 0.3) is 0 Å². The van der Waals surface area contributed by atoms with Gasteiger partial charge in [-0.3, -0.25) is 0 Å². The fraction of sp³-hybridized carbons (Fsp3) is 0.360. The number of nitrogens with one attached hydrogen (secondary N) is 1. The van der Waals surface area contributed by atoms with Crippen LogP contribution in [0.5, 0.6) is 5.75 Å². The lowest BCUT2D eigenvalue weighted by atomic mass is 9.78. The van der Waals surface area contributed by atoms with E-state index in [1.54, 1.807) is 6.07 Å². The number of hydrogen-bond donors (Lipinski definition) is 2. The summed E-state index contributed by atoms with van der Waals surface area (Å²) in [7, 11) is 0. The van der Waals surface area contributed by atoms with E-state index in [0.717, 1.165) is 16.2 Å². The summed E-state index contributed by atoms with van der Waals surface area (Å²) >= 11 is 0. The van der Waals surface area contributed by atoms with E-state index in [9.17, 15) is 5.11 Å². The lowest BCUT2D eigenvalue weighted by molar-refractivity contribution is 0.0313. The van der Waals surface area contributed by atoms with E-state index in [1.165, 1.54) is 0 Å². The second-order valence-corrected chi connectivity index (χ2v) is 9.85. The smallest absolute Gasteiger partial charge is 0.162 e. The van der Waals surface area contributed by atoms with E-state index in [4.69, 9.17) is 0 Å². The van der Waals surface area contributed by atoms with Gasteiger partial charge in [-0.05, 0) is 69.2 Å². The normalized spacial score (nSPS) is 22.7. The third-order valence-electron chi connectivity index (χ3n) is 6.37. The van der Waals surface area contributed by atoms with E-state index in [2.05, 4.69) is 29.4 Å². The van der Waals surface area contributed by atoms with Crippen molar-refractivity contribution in [3.05, 3.63) is 54.7 Å². The van der Waals surface area contributed by atoms with Gasteiger partial charge in [0.2, 0.25) is 0 Å². The van der Waals surface area contributed by atoms with Crippen LogP contribution >= 0.6 is 0 Å². The predicted octanol–water partition coefficient (Wildman–Crippen LogP) is 5.39. The van der Waals surface area contributed by atoms with Crippen LogP contribution in [-0.2, 0) is 0 Å². The number of halogens is 1. The largest absolute Gasteiger partial charge is 0.507 e. The van der Waals surface area contributed by atoms with Gasteiger partial charge in [0, 0.05) is 28.2 Å². The number of phenols is 1. The van der Waals surface area contributed by atoms with Crippen molar-refractivity contribution in [2.45, 2.75) is 57.4 Å². The fourth-order valence-electron chi connectivity index (χ4n) is 5.13. The Balaban J connectivity index is 1.58. The number of hydrogen-bond acceptors (Lipinski definition) is 4. The van der Waals surface area contributed by atoms with Gasteiger partial charge in [0.1, 0.15) is 11.9 Å². The summed E-state index contributed by atoms with van der Waals surface area (Å²) in [6.45, 7) is 8.02. The minimum atomic E-state index is -1.07. The Morgan fingerprint density at radius 1 is 1.00 bits per heavy atom. The maximum absolute atomic E-state index is 15.4. The van der Waals surface area contributed by atoms with Crippen LogP contribution in [0.2, 0.25) is 0 Å². The van der Waals surface area contributed by atoms with Crippen LogP contribution in [0.3, 0.4) is 0 Å². The molecule has 0 aliphatic carbocycles. The fourth-order valence-corrected chi connectivity index (χ4v) is 5.13. The van der Waals surface area contributed by atoms with Crippen LogP contribution in [0.25, 0.3) is 33.1 Å². The van der Waals surface area contributed by atoms with Gasteiger partial charge in [0.05, 0.1) is 11.7 Å². The first-order chi connectivity index (χ1) is 14.6. The number of alkyl halides is 1. The lowest BCUT2D eigenvalue weighted by Gasteiger charge is -2.49. The number of aromatic nitrogens is 3. The summed E-state index contributed by atoms with van der Waals surface area (Å²) in [6, 6.07) is 15.1. The topological polar surface area (TPSA) is 63.0 Å². The Kier molecular flexibility index (Phi) is 4.35. The molecule has 1 aliphatic heterocycles. The van der Waals surface area contributed by atoms with Crippen molar-refractivity contribution in [1.29, 1.82) is 0 Å². The van der Waals surface area contributed by atoms with E-state index in [1.807, 2.05) is 67.1 Å². The highest BCUT2D eigenvalue weighted by Crippen LogP contribution is 2.40. The number of benzene rings is 2. The van der Waals surface area contributed by atoms with Gasteiger partial charge >= 0.3 is 0 Å². The summed E-state index contributed by atoms with van der Waals surface area (Å²) in [6.07, 6.45) is 1.48. The molecule has 3 heterocycles. The number of rotatable bonds is 2. The van der Waals surface area contributed by atoms with E-state index >= 15 is 4.39 Å². The SMILES string of the molecule is CC1(C)C[C@H](n2ccc3cc(-c4cc5ccccc5cc4O)nnc32)[C@H](F)C(C)(C)N1. The molecule has 0 amide bonds. The van der Waals surface area contributed by atoms with E-state index in [0.29, 0.717) is 23.3 Å². The maximum atomic E-state index is 15.4. The molecule has 0 bridgehead atoms. The number of phenolic OH excluding ortho intramolecular Hbond substituents is 1. The summed E-state index contributed by atoms with van der Waals surface area (Å²) in [5.74, 6) is 0.164. The highest BCUT2D eigenvalue weighted by molar-refractivity contribution is 5.91. The Morgan fingerprint density at radius 2 is 1.71 bits per heavy atom. The van der Waals surface area contributed by atoms with Crippen LogP contribution in [0.15, 0.2) is 54.7 Å². The molecule has 2 aromatic heterocycles. The monoisotopic (exact) mass is 418 g/mol. The molecule has 0 radical (unpaired) electrons. The maximum Gasteiger partial charge on any atom is 0.162 e. The zero-order valence-electron chi connectivity index (χ0n) is 18.2. The molecule has 31 heavy (non-hydrogen) atoms. The molecule has 0 unspecified atom stereocenters. The third kappa shape index (κ3) is 3.35. The van der Waals surface area contributed by atoms with Crippen molar-refractivity contribution < 1.29 is 9.50 Å². The first-order valence-corrected chi connectivity index (χ1v) is 10.6. The van der Waals surface area contributed by atoms with Crippen LogP contribution in [-0.4, -0.2) is 37.1 Å². The lowest BCUT2D eigenvalue weighted by Crippen LogP contribution is -2.64. The van der Waals surface area contributed by atoms with Crippen molar-refractivity contribution in [2.75, 3.05) is 0 Å². The highest BCUT2D eigenvalue weighted by Gasteiger charge is 2.47. The molecule has 4 aromatic rings. The number of nitrogens with zero attached hydrogens (tertiary/aromatic N) is 3. The van der Waals surface area contributed by atoms with Crippen LogP contribution < -0.4 is 5.32 Å². The van der Waals surface area contributed by atoms with Crippen LogP contribution in [0, 0.1) is 0 Å². The molecular weight excluding hydrogens is 391 g/mol. The first-order valence-electron chi connectivity index (χ1n) is 10.6. The molecule has 5 rings (SSSR count). The minimum Gasteiger partial charge on any atom is -0.507 e. The molecule has 1 aliphatic rings.